The standard InChI is InChI=1S/C12H22N4O/c1-9(2)5-10(7-13)6-12(17)14-8-11-3-4-15-16-11/h3-4,9-10H,5-8,13H2,1-2H3,(H,14,17)(H,15,16). The van der Waals surface area contributed by atoms with Crippen LogP contribution in [-0.4, -0.2) is 22.6 Å². The lowest BCUT2D eigenvalue weighted by atomic mass is 9.94. The van der Waals surface area contributed by atoms with Gasteiger partial charge in [-0.15, -0.1) is 0 Å². The minimum absolute atomic E-state index is 0.0516. The van der Waals surface area contributed by atoms with Gasteiger partial charge in [0.05, 0.1) is 12.2 Å². The number of nitrogens with zero attached hydrogens (tertiary/aromatic N) is 1. The predicted molar refractivity (Wildman–Crippen MR) is 67.1 cm³/mol. The van der Waals surface area contributed by atoms with Crippen LogP contribution in [0.1, 0.15) is 32.4 Å². The monoisotopic (exact) mass is 238 g/mol. The van der Waals surface area contributed by atoms with Crippen molar-refractivity contribution in [2.45, 2.75) is 33.2 Å². The van der Waals surface area contributed by atoms with Gasteiger partial charge in [0.25, 0.3) is 0 Å². The molecular weight excluding hydrogens is 216 g/mol. The van der Waals surface area contributed by atoms with Gasteiger partial charge in [-0.3, -0.25) is 9.89 Å². The molecule has 1 aromatic heterocycles. The summed E-state index contributed by atoms with van der Waals surface area (Å²) in [5, 5.41) is 9.48. The number of hydrogen-bond donors (Lipinski definition) is 3. The van der Waals surface area contributed by atoms with Gasteiger partial charge in [-0.05, 0) is 30.9 Å². The van der Waals surface area contributed by atoms with Gasteiger partial charge in [-0.1, -0.05) is 13.8 Å². The van der Waals surface area contributed by atoms with E-state index in [1.54, 1.807) is 6.20 Å². The number of hydrogen-bond acceptors (Lipinski definition) is 3. The lowest BCUT2D eigenvalue weighted by molar-refractivity contribution is -0.122. The molecule has 1 aromatic rings. The quantitative estimate of drug-likeness (QED) is 0.663. The number of nitrogens with two attached hydrogens (primary N) is 1. The van der Waals surface area contributed by atoms with Crippen molar-refractivity contribution < 1.29 is 4.79 Å². The average molecular weight is 238 g/mol. The SMILES string of the molecule is CC(C)CC(CN)CC(=O)NCc1ccn[nH]1. The molecule has 1 unspecified atom stereocenters. The maximum absolute atomic E-state index is 11.7. The van der Waals surface area contributed by atoms with Crippen molar-refractivity contribution in [1.82, 2.24) is 15.5 Å². The normalized spacial score (nSPS) is 12.7. The Hall–Kier alpha value is -1.36. The Morgan fingerprint density at radius 3 is 2.88 bits per heavy atom. The van der Waals surface area contributed by atoms with Gasteiger partial charge in [0, 0.05) is 12.6 Å². The molecule has 1 amide bonds. The van der Waals surface area contributed by atoms with Gasteiger partial charge in [0.15, 0.2) is 0 Å². The summed E-state index contributed by atoms with van der Waals surface area (Å²) in [4.78, 5) is 11.7. The number of amides is 1. The van der Waals surface area contributed by atoms with Crippen LogP contribution in [0.15, 0.2) is 12.3 Å². The molecule has 0 aliphatic carbocycles. The van der Waals surface area contributed by atoms with E-state index in [4.69, 9.17) is 5.73 Å². The predicted octanol–water partition coefficient (Wildman–Crippen LogP) is 1.04. The second-order valence-corrected chi connectivity index (χ2v) is 4.79. The Morgan fingerprint density at radius 1 is 1.59 bits per heavy atom. The third-order valence-corrected chi connectivity index (χ3v) is 2.65. The molecule has 0 radical (unpaired) electrons. The zero-order valence-corrected chi connectivity index (χ0v) is 10.6. The van der Waals surface area contributed by atoms with E-state index in [1.807, 2.05) is 6.07 Å². The Labute approximate surface area is 102 Å². The molecule has 1 heterocycles. The molecule has 0 saturated heterocycles. The van der Waals surface area contributed by atoms with Crippen molar-refractivity contribution in [3.63, 3.8) is 0 Å². The first kappa shape index (κ1) is 13.7. The first-order valence-electron chi connectivity index (χ1n) is 6.06. The zero-order valence-electron chi connectivity index (χ0n) is 10.6. The Kier molecular flexibility index (Phi) is 5.69. The molecule has 1 atom stereocenters. The van der Waals surface area contributed by atoms with E-state index in [9.17, 15) is 4.79 Å². The second-order valence-electron chi connectivity index (χ2n) is 4.79. The molecule has 0 aromatic carbocycles. The largest absolute Gasteiger partial charge is 0.350 e. The van der Waals surface area contributed by atoms with Crippen LogP contribution in [0.5, 0.6) is 0 Å². The number of rotatable bonds is 7. The first-order valence-corrected chi connectivity index (χ1v) is 6.06. The van der Waals surface area contributed by atoms with Gasteiger partial charge >= 0.3 is 0 Å². The van der Waals surface area contributed by atoms with Crippen molar-refractivity contribution >= 4 is 5.91 Å². The van der Waals surface area contributed by atoms with Crippen molar-refractivity contribution in [2.75, 3.05) is 6.54 Å². The average Bonchev–Trinajstić information content (AvgIpc) is 2.77. The summed E-state index contributed by atoms with van der Waals surface area (Å²) < 4.78 is 0. The molecule has 0 aliphatic rings. The highest BCUT2D eigenvalue weighted by molar-refractivity contribution is 5.76. The molecule has 96 valence electrons. The van der Waals surface area contributed by atoms with Crippen LogP contribution >= 0.6 is 0 Å². The van der Waals surface area contributed by atoms with Crippen LogP contribution in [-0.2, 0) is 11.3 Å². The maximum Gasteiger partial charge on any atom is 0.220 e. The molecule has 0 bridgehead atoms. The maximum atomic E-state index is 11.7. The van der Waals surface area contributed by atoms with E-state index >= 15 is 0 Å². The third kappa shape index (κ3) is 5.49. The summed E-state index contributed by atoms with van der Waals surface area (Å²) in [5.41, 5.74) is 6.57. The molecular formula is C12H22N4O. The van der Waals surface area contributed by atoms with Gasteiger partial charge in [-0.2, -0.15) is 5.10 Å². The number of H-pyrrole nitrogens is 1. The molecule has 17 heavy (non-hydrogen) atoms. The van der Waals surface area contributed by atoms with Crippen molar-refractivity contribution in [3.8, 4) is 0 Å². The first-order chi connectivity index (χ1) is 8.11. The lowest BCUT2D eigenvalue weighted by Crippen LogP contribution is -2.28. The molecule has 0 spiro atoms. The zero-order chi connectivity index (χ0) is 12.7. The van der Waals surface area contributed by atoms with Crippen LogP contribution in [0.4, 0.5) is 0 Å². The molecule has 5 nitrogen and oxygen atoms in total. The highest BCUT2D eigenvalue weighted by Gasteiger charge is 2.13. The molecule has 0 aliphatic heterocycles. The number of aromatic nitrogens is 2. The summed E-state index contributed by atoms with van der Waals surface area (Å²) in [7, 11) is 0. The summed E-state index contributed by atoms with van der Waals surface area (Å²) >= 11 is 0. The van der Waals surface area contributed by atoms with Crippen LogP contribution < -0.4 is 11.1 Å². The van der Waals surface area contributed by atoms with Gasteiger partial charge < -0.3 is 11.1 Å². The van der Waals surface area contributed by atoms with Gasteiger partial charge in [0.1, 0.15) is 0 Å². The van der Waals surface area contributed by atoms with E-state index in [1.165, 1.54) is 0 Å². The van der Waals surface area contributed by atoms with E-state index in [-0.39, 0.29) is 11.8 Å². The van der Waals surface area contributed by atoms with E-state index < -0.39 is 0 Å². The highest BCUT2D eigenvalue weighted by atomic mass is 16.1. The van der Waals surface area contributed by atoms with E-state index in [0.717, 1.165) is 12.1 Å². The van der Waals surface area contributed by atoms with Crippen molar-refractivity contribution in [1.29, 1.82) is 0 Å². The summed E-state index contributed by atoms with van der Waals surface area (Å²) in [6.07, 6.45) is 3.17. The number of nitrogens with one attached hydrogen (secondary N) is 2. The Bertz CT molecular complexity index is 321. The summed E-state index contributed by atoms with van der Waals surface area (Å²) in [6, 6.07) is 1.84. The third-order valence-electron chi connectivity index (χ3n) is 2.65. The Balaban J connectivity index is 2.27. The molecule has 4 N–H and O–H groups in total. The van der Waals surface area contributed by atoms with Crippen molar-refractivity contribution in [3.05, 3.63) is 18.0 Å². The van der Waals surface area contributed by atoms with Crippen LogP contribution in [0.3, 0.4) is 0 Å². The number of carbonyl (C=O) groups excluding carboxylic acids is 1. The minimum atomic E-state index is 0.0516. The fraction of sp³-hybridized carbons (Fsp3) is 0.667. The summed E-state index contributed by atoms with van der Waals surface area (Å²) in [5.74, 6) is 0.899. The van der Waals surface area contributed by atoms with Crippen LogP contribution in [0.25, 0.3) is 0 Å². The van der Waals surface area contributed by atoms with Crippen molar-refractivity contribution in [2.24, 2.45) is 17.6 Å². The van der Waals surface area contributed by atoms with Gasteiger partial charge in [0.2, 0.25) is 5.91 Å². The topological polar surface area (TPSA) is 83.8 Å². The van der Waals surface area contributed by atoms with Crippen LogP contribution in [0.2, 0.25) is 0 Å². The smallest absolute Gasteiger partial charge is 0.220 e. The van der Waals surface area contributed by atoms with Gasteiger partial charge in [-0.25, -0.2) is 0 Å². The van der Waals surface area contributed by atoms with E-state index in [0.29, 0.717) is 25.4 Å². The molecule has 0 saturated carbocycles. The summed E-state index contributed by atoms with van der Waals surface area (Å²) in [6.45, 7) is 5.35. The fourth-order valence-corrected chi connectivity index (χ4v) is 1.84. The molecule has 1 rings (SSSR count). The number of carbonyl (C=O) groups is 1. The molecule has 5 heteroatoms. The fourth-order valence-electron chi connectivity index (χ4n) is 1.84. The van der Waals surface area contributed by atoms with Crippen LogP contribution in [0, 0.1) is 11.8 Å². The Morgan fingerprint density at radius 2 is 2.35 bits per heavy atom. The van der Waals surface area contributed by atoms with E-state index in [2.05, 4.69) is 29.4 Å². The minimum Gasteiger partial charge on any atom is -0.350 e. The highest BCUT2D eigenvalue weighted by Crippen LogP contribution is 2.13. The lowest BCUT2D eigenvalue weighted by Gasteiger charge is -2.16. The second kappa shape index (κ2) is 7.06. The molecule has 0 fully saturated rings. The number of aromatic amines is 1.